The summed E-state index contributed by atoms with van der Waals surface area (Å²) in [6, 6.07) is 7.75. The molecule has 3 aromatic heterocycles. The third-order valence-electron chi connectivity index (χ3n) is 2.34. The number of hydrogen-bond donors (Lipinski definition) is 1. The molecule has 0 saturated carbocycles. The average Bonchev–Trinajstić information content (AvgIpc) is 3.17. The van der Waals surface area contributed by atoms with Crippen LogP contribution in [0.15, 0.2) is 37.8 Å². The Balaban J connectivity index is 1.58. The van der Waals surface area contributed by atoms with Gasteiger partial charge in [0.1, 0.15) is 0 Å². The average molecular weight is 418 g/mol. The molecule has 0 atom stereocenters. The predicted molar refractivity (Wildman–Crippen MR) is 93.8 cm³/mol. The highest BCUT2D eigenvalue weighted by Gasteiger charge is 2.12. The number of hydrogen-bond acceptors (Lipinski definition) is 7. The first kappa shape index (κ1) is 15.2. The van der Waals surface area contributed by atoms with Gasteiger partial charge in [0.25, 0.3) is 5.91 Å². The maximum Gasteiger partial charge on any atom is 0.267 e. The topological polar surface area (TPSA) is 54.9 Å². The molecule has 0 saturated heterocycles. The number of carbonyl (C=O) groups excluding carboxylic acids is 1. The van der Waals surface area contributed by atoms with Crippen molar-refractivity contribution in [2.45, 2.75) is 10.1 Å². The zero-order chi connectivity index (χ0) is 14.7. The van der Waals surface area contributed by atoms with E-state index >= 15 is 0 Å². The van der Waals surface area contributed by atoms with Gasteiger partial charge in [0, 0.05) is 10.6 Å². The SMILES string of the molecule is O=C(Nc1nnc(SCc2cccs2)s1)c1ccc(Br)s1. The molecular weight excluding hydrogens is 410 g/mol. The third-order valence-corrected chi connectivity index (χ3v) is 7.04. The highest BCUT2D eigenvalue weighted by Crippen LogP contribution is 2.30. The molecule has 1 N–H and O–H groups in total. The van der Waals surface area contributed by atoms with Crippen molar-refractivity contribution in [1.29, 1.82) is 0 Å². The van der Waals surface area contributed by atoms with Crippen LogP contribution in [0.3, 0.4) is 0 Å². The highest BCUT2D eigenvalue weighted by atomic mass is 79.9. The number of aromatic nitrogens is 2. The Morgan fingerprint density at radius 3 is 2.90 bits per heavy atom. The summed E-state index contributed by atoms with van der Waals surface area (Å²) in [4.78, 5) is 13.9. The Hall–Kier alpha value is -0.740. The summed E-state index contributed by atoms with van der Waals surface area (Å²) >= 11 is 9.47. The summed E-state index contributed by atoms with van der Waals surface area (Å²) < 4.78 is 1.78. The van der Waals surface area contributed by atoms with E-state index in [9.17, 15) is 4.79 Å². The normalized spacial score (nSPS) is 10.7. The fraction of sp³-hybridized carbons (Fsp3) is 0.0833. The van der Waals surface area contributed by atoms with Crippen LogP contribution < -0.4 is 5.32 Å². The number of carbonyl (C=O) groups is 1. The molecule has 3 heterocycles. The van der Waals surface area contributed by atoms with E-state index in [1.807, 2.05) is 12.1 Å². The number of anilines is 1. The van der Waals surface area contributed by atoms with Crippen molar-refractivity contribution >= 4 is 72.7 Å². The van der Waals surface area contributed by atoms with Gasteiger partial charge >= 0.3 is 0 Å². The van der Waals surface area contributed by atoms with Crippen LogP contribution in [0.2, 0.25) is 0 Å². The van der Waals surface area contributed by atoms with Gasteiger partial charge < -0.3 is 0 Å². The molecule has 9 heteroatoms. The Labute approximate surface area is 145 Å². The largest absolute Gasteiger partial charge is 0.296 e. The van der Waals surface area contributed by atoms with Crippen molar-refractivity contribution < 1.29 is 4.79 Å². The zero-order valence-corrected chi connectivity index (χ0v) is 15.3. The lowest BCUT2D eigenvalue weighted by molar-refractivity contribution is 0.103. The minimum atomic E-state index is -0.156. The van der Waals surface area contributed by atoms with E-state index in [-0.39, 0.29) is 5.91 Å². The van der Waals surface area contributed by atoms with Crippen molar-refractivity contribution in [3.8, 4) is 0 Å². The van der Waals surface area contributed by atoms with E-state index in [4.69, 9.17) is 0 Å². The number of thioether (sulfide) groups is 1. The Kier molecular flexibility index (Phi) is 5.07. The number of thiophene rings is 2. The van der Waals surface area contributed by atoms with Gasteiger partial charge in [-0.1, -0.05) is 29.2 Å². The molecule has 0 radical (unpaired) electrons. The van der Waals surface area contributed by atoms with Crippen LogP contribution in [0.4, 0.5) is 5.13 Å². The molecule has 108 valence electrons. The first-order chi connectivity index (χ1) is 10.2. The molecule has 1 amide bonds. The van der Waals surface area contributed by atoms with E-state index in [0.717, 1.165) is 13.9 Å². The van der Waals surface area contributed by atoms with Crippen molar-refractivity contribution in [2.24, 2.45) is 0 Å². The van der Waals surface area contributed by atoms with E-state index in [1.54, 1.807) is 29.2 Å². The lowest BCUT2D eigenvalue weighted by atomic mass is 10.4. The molecule has 21 heavy (non-hydrogen) atoms. The van der Waals surface area contributed by atoms with Gasteiger partial charge in [-0.15, -0.1) is 32.9 Å². The van der Waals surface area contributed by atoms with Gasteiger partial charge in [-0.3, -0.25) is 10.1 Å². The summed E-state index contributed by atoms with van der Waals surface area (Å²) in [5.41, 5.74) is 0. The molecule has 0 aliphatic heterocycles. The molecule has 0 spiro atoms. The number of nitrogens with zero attached hydrogens (tertiary/aromatic N) is 2. The van der Waals surface area contributed by atoms with Gasteiger partial charge in [-0.2, -0.15) is 0 Å². The Bertz CT molecular complexity index is 737. The molecule has 0 aliphatic carbocycles. The minimum absolute atomic E-state index is 0.156. The smallest absolute Gasteiger partial charge is 0.267 e. The van der Waals surface area contributed by atoms with Gasteiger partial charge in [-0.05, 0) is 39.5 Å². The molecule has 0 aliphatic rings. The quantitative estimate of drug-likeness (QED) is 0.470. The van der Waals surface area contributed by atoms with Crippen molar-refractivity contribution in [3.63, 3.8) is 0 Å². The van der Waals surface area contributed by atoms with Crippen molar-refractivity contribution in [1.82, 2.24) is 10.2 Å². The van der Waals surface area contributed by atoms with Crippen LogP contribution in [0.5, 0.6) is 0 Å². The van der Waals surface area contributed by atoms with Crippen LogP contribution in [0.1, 0.15) is 14.5 Å². The number of halogens is 1. The van der Waals surface area contributed by atoms with Crippen LogP contribution in [-0.4, -0.2) is 16.1 Å². The lowest BCUT2D eigenvalue weighted by Crippen LogP contribution is -2.09. The highest BCUT2D eigenvalue weighted by molar-refractivity contribution is 9.11. The molecular formula is C12H8BrN3OS4. The molecule has 3 aromatic rings. The van der Waals surface area contributed by atoms with E-state index in [0.29, 0.717) is 10.0 Å². The lowest BCUT2D eigenvalue weighted by Gasteiger charge is -1.96. The number of nitrogens with one attached hydrogen (secondary N) is 1. The molecule has 4 nitrogen and oxygen atoms in total. The molecule has 0 bridgehead atoms. The fourth-order valence-electron chi connectivity index (χ4n) is 1.44. The van der Waals surface area contributed by atoms with Gasteiger partial charge in [0.15, 0.2) is 4.34 Å². The second-order valence-corrected chi connectivity index (χ2v) is 9.49. The summed E-state index contributed by atoms with van der Waals surface area (Å²) in [7, 11) is 0. The van der Waals surface area contributed by atoms with E-state index in [1.165, 1.54) is 27.6 Å². The second-order valence-electron chi connectivity index (χ2n) is 3.80. The van der Waals surface area contributed by atoms with Crippen LogP contribution in [0, 0.1) is 0 Å². The second kappa shape index (κ2) is 7.01. The fourth-order valence-corrected chi connectivity index (χ4v) is 5.24. The molecule has 0 fully saturated rings. The van der Waals surface area contributed by atoms with Gasteiger partial charge in [-0.25, -0.2) is 0 Å². The van der Waals surface area contributed by atoms with Crippen LogP contribution >= 0.6 is 61.7 Å². The molecule has 3 rings (SSSR count). The number of amides is 1. The van der Waals surface area contributed by atoms with Crippen molar-refractivity contribution in [3.05, 3.63) is 43.2 Å². The molecule has 0 unspecified atom stereocenters. The van der Waals surface area contributed by atoms with Crippen molar-refractivity contribution in [2.75, 3.05) is 5.32 Å². The van der Waals surface area contributed by atoms with Crippen LogP contribution in [-0.2, 0) is 5.75 Å². The molecule has 0 aromatic carbocycles. The van der Waals surface area contributed by atoms with Crippen LogP contribution in [0.25, 0.3) is 0 Å². The van der Waals surface area contributed by atoms with E-state index < -0.39 is 0 Å². The summed E-state index contributed by atoms with van der Waals surface area (Å²) in [6.07, 6.45) is 0. The Morgan fingerprint density at radius 2 is 2.19 bits per heavy atom. The maximum absolute atomic E-state index is 12.0. The number of rotatable bonds is 5. The third kappa shape index (κ3) is 4.13. The predicted octanol–water partition coefficient (Wildman–Crippen LogP) is 4.97. The summed E-state index contributed by atoms with van der Waals surface area (Å²) in [6.45, 7) is 0. The maximum atomic E-state index is 12.0. The monoisotopic (exact) mass is 417 g/mol. The minimum Gasteiger partial charge on any atom is -0.296 e. The van der Waals surface area contributed by atoms with E-state index in [2.05, 4.69) is 42.9 Å². The van der Waals surface area contributed by atoms with Gasteiger partial charge in [0.05, 0.1) is 8.66 Å². The first-order valence-corrected chi connectivity index (χ1v) is 10.1. The standard InChI is InChI=1S/C12H8BrN3OS4/c13-9-4-3-8(20-9)10(17)14-11-15-16-12(21-11)19-6-7-2-1-5-18-7/h1-5H,6H2,(H,14,15,17). The first-order valence-electron chi connectivity index (χ1n) is 5.76. The zero-order valence-electron chi connectivity index (χ0n) is 10.4. The summed E-state index contributed by atoms with van der Waals surface area (Å²) in [5, 5.41) is 13.4. The summed E-state index contributed by atoms with van der Waals surface area (Å²) in [5.74, 6) is 0.717. The van der Waals surface area contributed by atoms with Gasteiger partial charge in [0.2, 0.25) is 5.13 Å². The Morgan fingerprint density at radius 1 is 1.29 bits per heavy atom.